The minimum Gasteiger partial charge on any atom is -0.459 e. The second-order valence-corrected chi connectivity index (χ2v) is 5.13. The predicted octanol–water partition coefficient (Wildman–Crippen LogP) is 4.66. The van der Waals surface area contributed by atoms with Crippen LogP contribution in [-0.4, -0.2) is 6.54 Å². The summed E-state index contributed by atoms with van der Waals surface area (Å²) in [7, 11) is 0. The first-order valence-corrected chi connectivity index (χ1v) is 7.08. The first kappa shape index (κ1) is 14.1. The Balaban J connectivity index is 2.32. The number of fused-ring (bicyclic) bond motifs is 1. The molecular formula is C16H22FNO. The van der Waals surface area contributed by atoms with Crippen molar-refractivity contribution in [3.05, 3.63) is 35.8 Å². The maximum Gasteiger partial charge on any atom is 0.134 e. The summed E-state index contributed by atoms with van der Waals surface area (Å²) in [5, 5.41) is 4.31. The van der Waals surface area contributed by atoms with Crippen molar-refractivity contribution in [1.82, 2.24) is 5.32 Å². The molecule has 2 nitrogen and oxygen atoms in total. The third-order valence-electron chi connectivity index (χ3n) is 3.54. The van der Waals surface area contributed by atoms with Gasteiger partial charge in [-0.15, -0.1) is 0 Å². The lowest BCUT2D eigenvalue weighted by Gasteiger charge is -2.22. The maximum atomic E-state index is 13.2. The lowest BCUT2D eigenvalue weighted by atomic mass is 9.95. The van der Waals surface area contributed by atoms with Crippen LogP contribution in [0.25, 0.3) is 11.0 Å². The molecule has 1 heterocycles. The van der Waals surface area contributed by atoms with Crippen molar-refractivity contribution < 1.29 is 8.81 Å². The normalized spacial score (nSPS) is 14.7. The van der Waals surface area contributed by atoms with Crippen molar-refractivity contribution in [2.75, 3.05) is 6.54 Å². The maximum absolute atomic E-state index is 13.2. The Morgan fingerprint density at radius 2 is 2.05 bits per heavy atom. The molecule has 0 spiro atoms. The van der Waals surface area contributed by atoms with Crippen LogP contribution in [0.2, 0.25) is 0 Å². The highest BCUT2D eigenvalue weighted by molar-refractivity contribution is 5.78. The molecule has 0 saturated carbocycles. The SMILES string of the molecule is CCCC(C)C(NCC)c1cc2cc(F)ccc2o1. The fraction of sp³-hybridized carbons (Fsp3) is 0.500. The smallest absolute Gasteiger partial charge is 0.134 e. The van der Waals surface area contributed by atoms with E-state index in [1.807, 2.05) is 6.07 Å². The van der Waals surface area contributed by atoms with Gasteiger partial charge in [-0.1, -0.05) is 27.2 Å². The van der Waals surface area contributed by atoms with Crippen LogP contribution in [0.4, 0.5) is 4.39 Å². The Hall–Kier alpha value is -1.35. The molecule has 2 atom stereocenters. The van der Waals surface area contributed by atoms with Crippen molar-refractivity contribution in [1.29, 1.82) is 0 Å². The van der Waals surface area contributed by atoms with Crippen molar-refractivity contribution in [2.45, 2.75) is 39.7 Å². The standard InChI is InChI=1S/C16H22FNO/c1-4-6-11(3)16(18-5-2)15-10-12-9-13(17)7-8-14(12)19-15/h7-11,16,18H,4-6H2,1-3H3. The summed E-state index contributed by atoms with van der Waals surface area (Å²) in [6.07, 6.45) is 2.29. The third kappa shape index (κ3) is 3.16. The van der Waals surface area contributed by atoms with Crippen LogP contribution < -0.4 is 5.32 Å². The van der Waals surface area contributed by atoms with Gasteiger partial charge in [0, 0.05) is 5.39 Å². The second-order valence-electron chi connectivity index (χ2n) is 5.13. The lowest BCUT2D eigenvalue weighted by Crippen LogP contribution is -2.26. The van der Waals surface area contributed by atoms with Crippen LogP contribution in [0.1, 0.15) is 45.4 Å². The number of hydrogen-bond acceptors (Lipinski definition) is 2. The van der Waals surface area contributed by atoms with Gasteiger partial charge in [-0.3, -0.25) is 0 Å². The zero-order valence-corrected chi connectivity index (χ0v) is 11.9. The number of halogens is 1. The second kappa shape index (κ2) is 6.20. The molecule has 19 heavy (non-hydrogen) atoms. The number of benzene rings is 1. The van der Waals surface area contributed by atoms with Crippen molar-refractivity contribution in [3.63, 3.8) is 0 Å². The van der Waals surface area contributed by atoms with Crippen LogP contribution >= 0.6 is 0 Å². The van der Waals surface area contributed by atoms with E-state index in [-0.39, 0.29) is 11.9 Å². The van der Waals surface area contributed by atoms with E-state index in [9.17, 15) is 4.39 Å². The Morgan fingerprint density at radius 1 is 1.26 bits per heavy atom. The molecule has 1 aromatic heterocycles. The number of nitrogens with one attached hydrogen (secondary N) is 1. The largest absolute Gasteiger partial charge is 0.459 e. The molecule has 0 aliphatic rings. The molecule has 0 aliphatic carbocycles. The average Bonchev–Trinajstić information content (AvgIpc) is 2.78. The first-order valence-electron chi connectivity index (χ1n) is 7.08. The summed E-state index contributed by atoms with van der Waals surface area (Å²) in [6.45, 7) is 7.40. The highest BCUT2D eigenvalue weighted by atomic mass is 19.1. The quantitative estimate of drug-likeness (QED) is 0.820. The molecule has 3 heteroatoms. The molecule has 0 saturated heterocycles. The Kier molecular flexibility index (Phi) is 4.59. The number of furan rings is 1. The van der Waals surface area contributed by atoms with Crippen molar-refractivity contribution >= 4 is 11.0 Å². The van der Waals surface area contributed by atoms with Gasteiger partial charge in [-0.25, -0.2) is 4.39 Å². The molecule has 0 radical (unpaired) electrons. The van der Waals surface area contributed by atoms with Crippen LogP contribution in [0.5, 0.6) is 0 Å². The molecule has 2 unspecified atom stereocenters. The molecule has 2 rings (SSSR count). The van der Waals surface area contributed by atoms with Gasteiger partial charge in [0.25, 0.3) is 0 Å². The topological polar surface area (TPSA) is 25.2 Å². The molecule has 1 N–H and O–H groups in total. The van der Waals surface area contributed by atoms with E-state index in [1.165, 1.54) is 12.1 Å². The van der Waals surface area contributed by atoms with Gasteiger partial charge >= 0.3 is 0 Å². The monoisotopic (exact) mass is 263 g/mol. The highest BCUT2D eigenvalue weighted by Crippen LogP contribution is 2.30. The Labute approximate surface area is 114 Å². The summed E-state index contributed by atoms with van der Waals surface area (Å²) in [6, 6.07) is 6.81. The third-order valence-corrected chi connectivity index (χ3v) is 3.54. The van der Waals surface area contributed by atoms with E-state index < -0.39 is 0 Å². The van der Waals surface area contributed by atoms with Crippen LogP contribution in [0.3, 0.4) is 0 Å². The fourth-order valence-electron chi connectivity index (χ4n) is 2.61. The minimum atomic E-state index is -0.221. The van der Waals surface area contributed by atoms with Gasteiger partial charge in [0.1, 0.15) is 17.2 Å². The zero-order chi connectivity index (χ0) is 13.8. The van der Waals surface area contributed by atoms with Gasteiger partial charge in [0.05, 0.1) is 6.04 Å². The van der Waals surface area contributed by atoms with Crippen molar-refractivity contribution in [3.8, 4) is 0 Å². The summed E-state index contributed by atoms with van der Waals surface area (Å²) in [5.74, 6) is 1.18. The molecule has 2 aromatic rings. The van der Waals surface area contributed by atoms with E-state index in [0.29, 0.717) is 5.92 Å². The first-order chi connectivity index (χ1) is 9.15. The molecule has 0 aliphatic heterocycles. The van der Waals surface area contributed by atoms with Crippen molar-refractivity contribution in [2.24, 2.45) is 5.92 Å². The lowest BCUT2D eigenvalue weighted by molar-refractivity contribution is 0.322. The van der Waals surface area contributed by atoms with E-state index in [0.717, 1.165) is 36.1 Å². The summed E-state index contributed by atoms with van der Waals surface area (Å²) < 4.78 is 19.1. The highest BCUT2D eigenvalue weighted by Gasteiger charge is 2.21. The predicted molar refractivity (Wildman–Crippen MR) is 76.7 cm³/mol. The average molecular weight is 263 g/mol. The summed E-state index contributed by atoms with van der Waals surface area (Å²) >= 11 is 0. The van der Waals surface area contributed by atoms with E-state index >= 15 is 0 Å². The molecule has 0 fully saturated rings. The van der Waals surface area contributed by atoms with E-state index in [2.05, 4.69) is 26.1 Å². The minimum absolute atomic E-state index is 0.195. The van der Waals surface area contributed by atoms with Crippen LogP contribution in [0, 0.1) is 11.7 Å². The molecule has 104 valence electrons. The zero-order valence-electron chi connectivity index (χ0n) is 11.9. The Bertz CT molecular complexity index is 535. The molecular weight excluding hydrogens is 241 g/mol. The molecule has 0 bridgehead atoms. The van der Waals surface area contributed by atoms with Gasteiger partial charge in [-0.2, -0.15) is 0 Å². The van der Waals surface area contributed by atoms with Gasteiger partial charge in [0.15, 0.2) is 0 Å². The molecule has 1 aromatic carbocycles. The van der Waals surface area contributed by atoms with Gasteiger partial charge in [0.2, 0.25) is 0 Å². The van der Waals surface area contributed by atoms with Gasteiger partial charge < -0.3 is 9.73 Å². The van der Waals surface area contributed by atoms with E-state index in [1.54, 1.807) is 6.07 Å². The van der Waals surface area contributed by atoms with Crippen LogP contribution in [-0.2, 0) is 0 Å². The summed E-state index contributed by atoms with van der Waals surface area (Å²) in [5.41, 5.74) is 0.753. The number of rotatable bonds is 6. The Morgan fingerprint density at radius 3 is 2.74 bits per heavy atom. The summed E-state index contributed by atoms with van der Waals surface area (Å²) in [4.78, 5) is 0. The number of hydrogen-bond donors (Lipinski definition) is 1. The van der Waals surface area contributed by atoms with Gasteiger partial charge in [-0.05, 0) is 43.1 Å². The fourth-order valence-corrected chi connectivity index (χ4v) is 2.61. The molecule has 0 amide bonds. The van der Waals surface area contributed by atoms with E-state index in [4.69, 9.17) is 4.42 Å². The van der Waals surface area contributed by atoms with Crippen LogP contribution in [0.15, 0.2) is 28.7 Å².